The molecule has 0 aliphatic rings. The van der Waals surface area contributed by atoms with Crippen molar-refractivity contribution in [1.29, 1.82) is 0 Å². The molecular formula is C15H14FNO2S. The van der Waals surface area contributed by atoms with E-state index in [1.54, 1.807) is 0 Å². The summed E-state index contributed by atoms with van der Waals surface area (Å²) in [4.78, 5) is 11.9. The molecule has 3 N–H and O–H groups in total. The highest BCUT2D eigenvalue weighted by atomic mass is 32.2. The predicted octanol–water partition coefficient (Wildman–Crippen LogP) is 3.71. The van der Waals surface area contributed by atoms with E-state index in [1.807, 2.05) is 25.1 Å². The van der Waals surface area contributed by atoms with Crippen molar-refractivity contribution >= 4 is 23.4 Å². The maximum Gasteiger partial charge on any atom is 0.335 e. The number of hydrogen-bond donors (Lipinski definition) is 2. The highest BCUT2D eigenvalue weighted by Crippen LogP contribution is 2.29. The van der Waals surface area contributed by atoms with Crippen molar-refractivity contribution in [2.45, 2.75) is 17.6 Å². The number of aromatic carboxylic acids is 1. The second-order valence-corrected chi connectivity index (χ2v) is 5.39. The van der Waals surface area contributed by atoms with Gasteiger partial charge in [-0.25, -0.2) is 9.18 Å². The van der Waals surface area contributed by atoms with E-state index in [0.29, 0.717) is 17.0 Å². The molecule has 0 bridgehead atoms. The first-order valence-corrected chi connectivity index (χ1v) is 6.97. The zero-order valence-corrected chi connectivity index (χ0v) is 11.7. The van der Waals surface area contributed by atoms with Crippen LogP contribution in [0, 0.1) is 12.7 Å². The van der Waals surface area contributed by atoms with Crippen molar-refractivity contribution in [1.82, 2.24) is 0 Å². The second kappa shape index (κ2) is 5.96. The fourth-order valence-corrected chi connectivity index (χ4v) is 2.80. The van der Waals surface area contributed by atoms with Gasteiger partial charge in [0.05, 0.1) is 5.56 Å². The van der Waals surface area contributed by atoms with Gasteiger partial charge in [0.15, 0.2) is 0 Å². The number of carbonyl (C=O) groups is 1. The first kappa shape index (κ1) is 14.4. The number of carboxylic acid groups (broad SMARTS) is 1. The van der Waals surface area contributed by atoms with Gasteiger partial charge in [0, 0.05) is 16.3 Å². The Hall–Kier alpha value is -2.01. The normalized spacial score (nSPS) is 10.5. The van der Waals surface area contributed by atoms with E-state index in [9.17, 15) is 9.18 Å². The summed E-state index contributed by atoms with van der Waals surface area (Å²) in [6.07, 6.45) is 0. The number of halogens is 1. The zero-order chi connectivity index (χ0) is 14.7. The second-order valence-electron chi connectivity index (χ2n) is 4.37. The minimum atomic E-state index is -1.06. The number of anilines is 1. The van der Waals surface area contributed by atoms with E-state index in [2.05, 4.69) is 0 Å². The molecule has 0 fully saturated rings. The van der Waals surface area contributed by atoms with Crippen LogP contribution in [-0.2, 0) is 5.75 Å². The molecule has 104 valence electrons. The number of rotatable bonds is 4. The van der Waals surface area contributed by atoms with Crippen LogP contribution in [0.2, 0.25) is 0 Å². The molecule has 0 saturated carbocycles. The third-order valence-corrected chi connectivity index (χ3v) is 4.21. The van der Waals surface area contributed by atoms with Crippen LogP contribution < -0.4 is 5.73 Å². The minimum absolute atomic E-state index is 0.0892. The summed E-state index contributed by atoms with van der Waals surface area (Å²) in [5.74, 6) is -1.10. The topological polar surface area (TPSA) is 63.3 Å². The largest absolute Gasteiger partial charge is 0.478 e. The Morgan fingerprint density at radius 3 is 2.80 bits per heavy atom. The lowest BCUT2D eigenvalue weighted by atomic mass is 10.1. The Morgan fingerprint density at radius 2 is 2.10 bits per heavy atom. The smallest absolute Gasteiger partial charge is 0.335 e. The average Bonchev–Trinajstić information content (AvgIpc) is 2.41. The monoisotopic (exact) mass is 291 g/mol. The van der Waals surface area contributed by atoms with E-state index in [0.717, 1.165) is 10.5 Å². The summed E-state index contributed by atoms with van der Waals surface area (Å²) in [5, 5.41) is 8.92. The van der Waals surface area contributed by atoms with Crippen LogP contribution in [0.25, 0.3) is 0 Å². The molecule has 5 heteroatoms. The van der Waals surface area contributed by atoms with E-state index in [4.69, 9.17) is 10.8 Å². The summed E-state index contributed by atoms with van der Waals surface area (Å²) in [7, 11) is 0. The standard InChI is InChI=1S/C15H14FNO2S/c1-9-13(17)3-2-4-14(9)20-8-11-7-10(15(18)19)5-6-12(11)16/h2-7H,8,17H2,1H3,(H,18,19). The summed E-state index contributed by atoms with van der Waals surface area (Å²) in [6, 6.07) is 9.38. The lowest BCUT2D eigenvalue weighted by Crippen LogP contribution is -1.99. The molecule has 2 aromatic rings. The van der Waals surface area contributed by atoms with Gasteiger partial charge in [-0.3, -0.25) is 0 Å². The lowest BCUT2D eigenvalue weighted by molar-refractivity contribution is 0.0696. The van der Waals surface area contributed by atoms with E-state index >= 15 is 0 Å². The van der Waals surface area contributed by atoms with Gasteiger partial charge in [0.1, 0.15) is 5.82 Å². The van der Waals surface area contributed by atoms with E-state index < -0.39 is 11.8 Å². The summed E-state index contributed by atoms with van der Waals surface area (Å²) >= 11 is 1.44. The fraction of sp³-hybridized carbons (Fsp3) is 0.133. The summed E-state index contributed by atoms with van der Waals surface area (Å²) in [5.41, 5.74) is 7.92. The van der Waals surface area contributed by atoms with Gasteiger partial charge in [-0.15, -0.1) is 11.8 Å². The van der Waals surface area contributed by atoms with Crippen LogP contribution in [0.15, 0.2) is 41.3 Å². The Labute approximate surface area is 120 Å². The van der Waals surface area contributed by atoms with Crippen molar-refractivity contribution in [3.63, 3.8) is 0 Å². The first-order valence-electron chi connectivity index (χ1n) is 5.98. The van der Waals surface area contributed by atoms with Crippen molar-refractivity contribution < 1.29 is 14.3 Å². The molecule has 0 atom stereocenters. The number of thioether (sulfide) groups is 1. The minimum Gasteiger partial charge on any atom is -0.478 e. The molecule has 0 saturated heterocycles. The molecule has 0 spiro atoms. The van der Waals surface area contributed by atoms with Crippen LogP contribution in [0.3, 0.4) is 0 Å². The molecule has 20 heavy (non-hydrogen) atoms. The number of hydrogen-bond acceptors (Lipinski definition) is 3. The first-order chi connectivity index (χ1) is 9.49. The van der Waals surface area contributed by atoms with Gasteiger partial charge in [-0.1, -0.05) is 6.07 Å². The molecule has 0 unspecified atom stereocenters. The molecule has 0 aliphatic heterocycles. The average molecular weight is 291 g/mol. The number of nitrogens with two attached hydrogens (primary N) is 1. The Morgan fingerprint density at radius 1 is 1.35 bits per heavy atom. The lowest BCUT2D eigenvalue weighted by Gasteiger charge is -2.09. The molecule has 2 aromatic carbocycles. The molecule has 0 aliphatic carbocycles. The molecule has 2 rings (SSSR count). The van der Waals surface area contributed by atoms with Crippen LogP contribution in [0.1, 0.15) is 21.5 Å². The van der Waals surface area contributed by atoms with E-state index in [-0.39, 0.29) is 5.56 Å². The molecule has 0 heterocycles. The van der Waals surface area contributed by atoms with Crippen LogP contribution in [-0.4, -0.2) is 11.1 Å². The van der Waals surface area contributed by atoms with Gasteiger partial charge < -0.3 is 10.8 Å². The highest BCUT2D eigenvalue weighted by molar-refractivity contribution is 7.98. The van der Waals surface area contributed by atoms with Crippen molar-refractivity contribution in [3.05, 3.63) is 58.9 Å². The van der Waals surface area contributed by atoms with Gasteiger partial charge in [-0.05, 0) is 48.4 Å². The Balaban J connectivity index is 2.20. The Kier molecular flexibility index (Phi) is 4.29. The van der Waals surface area contributed by atoms with Crippen LogP contribution >= 0.6 is 11.8 Å². The number of carboxylic acids is 1. The van der Waals surface area contributed by atoms with Crippen molar-refractivity contribution in [2.24, 2.45) is 0 Å². The van der Waals surface area contributed by atoms with Crippen molar-refractivity contribution in [2.75, 3.05) is 5.73 Å². The van der Waals surface area contributed by atoms with Gasteiger partial charge in [0.2, 0.25) is 0 Å². The summed E-state index contributed by atoms with van der Waals surface area (Å²) < 4.78 is 13.7. The highest BCUT2D eigenvalue weighted by Gasteiger charge is 2.10. The van der Waals surface area contributed by atoms with Crippen LogP contribution in [0.4, 0.5) is 10.1 Å². The fourth-order valence-electron chi connectivity index (χ4n) is 1.76. The molecule has 0 amide bonds. The third kappa shape index (κ3) is 3.11. The third-order valence-electron chi connectivity index (χ3n) is 3.00. The maximum atomic E-state index is 13.7. The van der Waals surface area contributed by atoms with E-state index in [1.165, 1.54) is 30.0 Å². The van der Waals surface area contributed by atoms with Crippen molar-refractivity contribution in [3.8, 4) is 0 Å². The zero-order valence-electron chi connectivity index (χ0n) is 10.9. The predicted molar refractivity (Wildman–Crippen MR) is 78.5 cm³/mol. The van der Waals surface area contributed by atoms with Gasteiger partial charge in [-0.2, -0.15) is 0 Å². The SMILES string of the molecule is Cc1c(N)cccc1SCc1cc(C(=O)O)ccc1F. The maximum absolute atomic E-state index is 13.7. The van der Waals surface area contributed by atoms with Crippen LogP contribution in [0.5, 0.6) is 0 Å². The number of nitrogen functional groups attached to an aromatic ring is 1. The van der Waals surface area contributed by atoms with Gasteiger partial charge in [0.25, 0.3) is 0 Å². The molecule has 3 nitrogen and oxygen atoms in total. The number of benzene rings is 2. The molecule has 0 radical (unpaired) electrons. The summed E-state index contributed by atoms with van der Waals surface area (Å²) in [6.45, 7) is 1.90. The molecular weight excluding hydrogens is 277 g/mol. The Bertz CT molecular complexity index is 658. The quantitative estimate of drug-likeness (QED) is 0.666. The van der Waals surface area contributed by atoms with Gasteiger partial charge >= 0.3 is 5.97 Å². The molecule has 0 aromatic heterocycles.